The molecule has 0 unspecified atom stereocenters. The average molecular weight is 310 g/mol. The number of anilines is 1. The number of aromatic nitrogens is 1. The van der Waals surface area contributed by atoms with E-state index in [0.29, 0.717) is 10.6 Å². The number of nitrogens with one attached hydrogen (secondary N) is 1. The van der Waals surface area contributed by atoms with E-state index >= 15 is 0 Å². The van der Waals surface area contributed by atoms with Gasteiger partial charge in [0.05, 0.1) is 29.6 Å². The minimum Gasteiger partial charge on any atom is -0.497 e. The Bertz CT molecular complexity index is 750. The van der Waals surface area contributed by atoms with Gasteiger partial charge in [-0.25, -0.2) is 0 Å². The van der Waals surface area contributed by atoms with Crippen molar-refractivity contribution in [3.05, 3.63) is 65.0 Å². The Labute approximate surface area is 132 Å². The Kier molecular flexibility index (Phi) is 4.16. The summed E-state index contributed by atoms with van der Waals surface area (Å²) >= 11 is 1.41. The number of benzene rings is 1. The van der Waals surface area contributed by atoms with Crippen molar-refractivity contribution in [2.75, 3.05) is 12.4 Å². The van der Waals surface area contributed by atoms with Crippen molar-refractivity contribution in [1.29, 1.82) is 0 Å². The number of methoxy groups -OCH3 is 1. The first-order valence-corrected chi connectivity index (χ1v) is 7.59. The van der Waals surface area contributed by atoms with Crippen LogP contribution in [0.4, 0.5) is 5.69 Å². The number of pyridine rings is 1. The Balaban J connectivity index is 1.73. The zero-order valence-corrected chi connectivity index (χ0v) is 12.8. The van der Waals surface area contributed by atoms with Gasteiger partial charge in [-0.05, 0) is 47.8 Å². The first-order valence-electron chi connectivity index (χ1n) is 6.71. The number of thiophene rings is 1. The highest BCUT2D eigenvalue weighted by Gasteiger charge is 2.07. The summed E-state index contributed by atoms with van der Waals surface area (Å²) in [6.07, 6.45) is 1.66. The van der Waals surface area contributed by atoms with Gasteiger partial charge in [-0.15, -0.1) is 11.3 Å². The second-order valence-electron chi connectivity index (χ2n) is 4.59. The van der Waals surface area contributed by atoms with Crippen molar-refractivity contribution in [2.24, 2.45) is 0 Å². The van der Waals surface area contributed by atoms with E-state index in [2.05, 4.69) is 10.3 Å². The van der Waals surface area contributed by atoms with Crippen molar-refractivity contribution in [1.82, 2.24) is 4.98 Å². The van der Waals surface area contributed by atoms with E-state index in [0.717, 1.165) is 17.0 Å². The van der Waals surface area contributed by atoms with E-state index in [1.54, 1.807) is 19.4 Å². The zero-order chi connectivity index (χ0) is 15.4. The molecule has 0 aliphatic carbocycles. The minimum absolute atomic E-state index is 0.117. The smallest absolute Gasteiger partial charge is 0.265 e. The Morgan fingerprint density at radius 3 is 2.55 bits per heavy atom. The molecule has 0 spiro atoms. The minimum atomic E-state index is -0.117. The molecular weight excluding hydrogens is 296 g/mol. The number of ether oxygens (including phenoxy) is 1. The van der Waals surface area contributed by atoms with E-state index in [1.165, 1.54) is 11.3 Å². The van der Waals surface area contributed by atoms with Gasteiger partial charge in [0.2, 0.25) is 0 Å². The van der Waals surface area contributed by atoms with Crippen LogP contribution in [0, 0.1) is 0 Å². The van der Waals surface area contributed by atoms with Crippen molar-refractivity contribution in [3.8, 4) is 17.0 Å². The van der Waals surface area contributed by atoms with Gasteiger partial charge in [-0.3, -0.25) is 9.78 Å². The molecule has 1 amide bonds. The number of carbonyl (C=O) groups is 1. The van der Waals surface area contributed by atoms with Crippen LogP contribution in [0.3, 0.4) is 0 Å². The quantitative estimate of drug-likeness (QED) is 0.790. The third-order valence-electron chi connectivity index (χ3n) is 3.15. The highest BCUT2D eigenvalue weighted by Crippen LogP contribution is 2.22. The van der Waals surface area contributed by atoms with Gasteiger partial charge in [0, 0.05) is 5.56 Å². The van der Waals surface area contributed by atoms with E-state index in [1.807, 2.05) is 47.8 Å². The molecule has 0 aliphatic rings. The van der Waals surface area contributed by atoms with Gasteiger partial charge in [-0.1, -0.05) is 6.07 Å². The number of carbonyl (C=O) groups excluding carboxylic acids is 1. The van der Waals surface area contributed by atoms with Crippen LogP contribution >= 0.6 is 11.3 Å². The lowest BCUT2D eigenvalue weighted by atomic mass is 10.1. The summed E-state index contributed by atoms with van der Waals surface area (Å²) in [6, 6.07) is 15.1. The number of hydrogen-bond donors (Lipinski definition) is 1. The van der Waals surface area contributed by atoms with E-state index in [9.17, 15) is 4.79 Å². The molecule has 0 fully saturated rings. The van der Waals surface area contributed by atoms with Gasteiger partial charge in [0.1, 0.15) is 5.75 Å². The molecule has 3 aromatic rings. The monoisotopic (exact) mass is 310 g/mol. The normalized spacial score (nSPS) is 10.2. The molecule has 0 bridgehead atoms. The lowest BCUT2D eigenvalue weighted by Gasteiger charge is -2.06. The van der Waals surface area contributed by atoms with Crippen LogP contribution in [-0.4, -0.2) is 18.0 Å². The molecule has 110 valence electrons. The van der Waals surface area contributed by atoms with E-state index in [4.69, 9.17) is 4.74 Å². The average Bonchev–Trinajstić information content (AvgIpc) is 3.10. The van der Waals surface area contributed by atoms with E-state index in [-0.39, 0.29) is 5.91 Å². The van der Waals surface area contributed by atoms with Crippen LogP contribution in [0.2, 0.25) is 0 Å². The second-order valence-corrected chi connectivity index (χ2v) is 5.54. The lowest BCUT2D eigenvalue weighted by molar-refractivity contribution is 0.103. The maximum atomic E-state index is 12.0. The van der Waals surface area contributed by atoms with Crippen LogP contribution in [0.5, 0.6) is 5.75 Å². The first-order chi connectivity index (χ1) is 10.8. The highest BCUT2D eigenvalue weighted by molar-refractivity contribution is 7.12. The number of amides is 1. The Hall–Kier alpha value is -2.66. The molecule has 1 N–H and O–H groups in total. The van der Waals surface area contributed by atoms with Gasteiger partial charge < -0.3 is 10.1 Å². The molecule has 4 nitrogen and oxygen atoms in total. The summed E-state index contributed by atoms with van der Waals surface area (Å²) in [4.78, 5) is 17.0. The summed E-state index contributed by atoms with van der Waals surface area (Å²) < 4.78 is 5.14. The third kappa shape index (κ3) is 3.15. The third-order valence-corrected chi connectivity index (χ3v) is 4.02. The van der Waals surface area contributed by atoms with Gasteiger partial charge in [0.25, 0.3) is 5.91 Å². The van der Waals surface area contributed by atoms with Crippen LogP contribution in [0.25, 0.3) is 11.3 Å². The predicted octanol–water partition coefficient (Wildman–Crippen LogP) is 4.07. The summed E-state index contributed by atoms with van der Waals surface area (Å²) in [7, 11) is 1.64. The van der Waals surface area contributed by atoms with Crippen LogP contribution < -0.4 is 10.1 Å². The number of hydrogen-bond acceptors (Lipinski definition) is 4. The van der Waals surface area contributed by atoms with Crippen molar-refractivity contribution >= 4 is 22.9 Å². The van der Waals surface area contributed by atoms with E-state index < -0.39 is 0 Å². The maximum absolute atomic E-state index is 12.0. The van der Waals surface area contributed by atoms with Crippen LogP contribution in [0.1, 0.15) is 9.67 Å². The van der Waals surface area contributed by atoms with Crippen molar-refractivity contribution in [2.45, 2.75) is 0 Å². The molecule has 2 heterocycles. The molecule has 0 atom stereocenters. The fourth-order valence-electron chi connectivity index (χ4n) is 2.00. The molecule has 0 radical (unpaired) electrons. The number of rotatable bonds is 4. The maximum Gasteiger partial charge on any atom is 0.265 e. The number of nitrogens with zero attached hydrogens (tertiary/aromatic N) is 1. The molecule has 0 saturated heterocycles. The first kappa shape index (κ1) is 14.3. The summed E-state index contributed by atoms with van der Waals surface area (Å²) in [5.74, 6) is 0.692. The fraction of sp³-hybridized carbons (Fsp3) is 0.0588. The topological polar surface area (TPSA) is 51.2 Å². The van der Waals surface area contributed by atoms with Gasteiger partial charge >= 0.3 is 0 Å². The van der Waals surface area contributed by atoms with Gasteiger partial charge in [0.15, 0.2) is 0 Å². The summed E-state index contributed by atoms with van der Waals surface area (Å²) in [5, 5.41) is 4.71. The second kappa shape index (κ2) is 6.41. The molecule has 3 rings (SSSR count). The van der Waals surface area contributed by atoms with Crippen LogP contribution in [0.15, 0.2) is 60.1 Å². The Morgan fingerprint density at radius 1 is 1.14 bits per heavy atom. The Morgan fingerprint density at radius 2 is 1.95 bits per heavy atom. The molecular formula is C17H14N2O2S. The van der Waals surface area contributed by atoms with Crippen molar-refractivity contribution in [3.63, 3.8) is 0 Å². The molecule has 22 heavy (non-hydrogen) atoms. The van der Waals surface area contributed by atoms with Crippen molar-refractivity contribution < 1.29 is 9.53 Å². The lowest BCUT2D eigenvalue weighted by Crippen LogP contribution is -2.10. The highest BCUT2D eigenvalue weighted by atomic mass is 32.1. The predicted molar refractivity (Wildman–Crippen MR) is 88.5 cm³/mol. The molecule has 5 heteroatoms. The molecule has 0 aliphatic heterocycles. The molecule has 1 aromatic carbocycles. The standard InChI is InChI=1S/C17H14N2O2S/c1-21-14-7-4-12(5-8-14)15-9-6-13(11-18-15)19-17(20)16-3-2-10-22-16/h2-11H,1H3,(H,19,20). The molecule has 2 aromatic heterocycles. The van der Waals surface area contributed by atoms with Gasteiger partial charge in [-0.2, -0.15) is 0 Å². The summed E-state index contributed by atoms with van der Waals surface area (Å²) in [5.41, 5.74) is 2.52. The largest absolute Gasteiger partial charge is 0.497 e. The zero-order valence-electron chi connectivity index (χ0n) is 11.9. The molecule has 0 saturated carbocycles. The fourth-order valence-corrected chi connectivity index (χ4v) is 2.62. The summed E-state index contributed by atoms with van der Waals surface area (Å²) in [6.45, 7) is 0. The SMILES string of the molecule is COc1ccc(-c2ccc(NC(=O)c3cccs3)cn2)cc1. The van der Waals surface area contributed by atoms with Crippen LogP contribution in [-0.2, 0) is 0 Å².